The lowest BCUT2D eigenvalue weighted by Crippen LogP contribution is -2.32. The minimum atomic E-state index is -0.366. The number of aryl methyl sites for hydroxylation is 1. The van der Waals surface area contributed by atoms with Crippen LogP contribution in [0.15, 0.2) is 42.6 Å². The van der Waals surface area contributed by atoms with Crippen LogP contribution in [-0.2, 0) is 4.79 Å². The molecule has 1 heterocycles. The molecule has 0 saturated heterocycles. The molecule has 5 heteroatoms. The molecule has 1 amide bonds. The number of aromatic nitrogens is 1. The Balaban J connectivity index is 1.94. The smallest absolute Gasteiger partial charge is 0.247 e. The van der Waals surface area contributed by atoms with Gasteiger partial charge in [-0.3, -0.25) is 4.79 Å². The molecule has 2 rings (SSSR count). The highest BCUT2D eigenvalue weighted by Crippen LogP contribution is 2.12. The molecule has 4 nitrogen and oxygen atoms in total. The summed E-state index contributed by atoms with van der Waals surface area (Å²) in [5.74, 6) is 0.331. The van der Waals surface area contributed by atoms with Crippen molar-refractivity contribution in [3.05, 3.63) is 53.2 Å². The van der Waals surface area contributed by atoms with E-state index in [1.165, 1.54) is 11.8 Å². The quantitative estimate of drug-likeness (QED) is 0.906. The van der Waals surface area contributed by atoms with Gasteiger partial charge in [0, 0.05) is 11.9 Å². The molecule has 104 valence electrons. The van der Waals surface area contributed by atoms with Gasteiger partial charge in [0.15, 0.2) is 0 Å². The standard InChI is InChI=1S/C15H16ClN3O/c1-10-3-6-13(7-4-10)18-11(2)15(20)19-14-8-5-12(16)9-17-14/h3-9,11,18H,1-2H3,(H,17,19,20)/t11-/m1/s1. The van der Waals surface area contributed by atoms with Gasteiger partial charge in [-0.2, -0.15) is 0 Å². The lowest BCUT2D eigenvalue weighted by Gasteiger charge is -2.15. The minimum Gasteiger partial charge on any atom is -0.374 e. The number of anilines is 2. The average molecular weight is 290 g/mol. The summed E-state index contributed by atoms with van der Waals surface area (Å²) in [6.07, 6.45) is 1.50. The van der Waals surface area contributed by atoms with E-state index in [1.54, 1.807) is 19.1 Å². The van der Waals surface area contributed by atoms with Crippen molar-refractivity contribution in [1.29, 1.82) is 0 Å². The Hall–Kier alpha value is -2.07. The zero-order valence-electron chi connectivity index (χ0n) is 11.4. The van der Waals surface area contributed by atoms with Gasteiger partial charge in [0.05, 0.1) is 5.02 Å². The number of pyridine rings is 1. The number of carbonyl (C=O) groups excluding carboxylic acids is 1. The molecule has 0 aliphatic heterocycles. The maximum Gasteiger partial charge on any atom is 0.247 e. The van der Waals surface area contributed by atoms with Crippen LogP contribution in [0.25, 0.3) is 0 Å². The second-order valence-electron chi connectivity index (χ2n) is 4.58. The predicted molar refractivity (Wildman–Crippen MR) is 82.1 cm³/mol. The molecule has 1 atom stereocenters. The summed E-state index contributed by atoms with van der Waals surface area (Å²) in [6, 6.07) is 10.9. The van der Waals surface area contributed by atoms with Crippen LogP contribution >= 0.6 is 11.6 Å². The molecule has 1 aromatic carbocycles. The maximum absolute atomic E-state index is 12.0. The van der Waals surface area contributed by atoms with Crippen LogP contribution in [0, 0.1) is 6.92 Å². The zero-order chi connectivity index (χ0) is 14.5. The van der Waals surface area contributed by atoms with Gasteiger partial charge >= 0.3 is 0 Å². The van der Waals surface area contributed by atoms with E-state index in [0.717, 1.165) is 5.69 Å². The summed E-state index contributed by atoms with van der Waals surface area (Å²) in [5, 5.41) is 6.40. The van der Waals surface area contributed by atoms with Crippen molar-refractivity contribution in [3.63, 3.8) is 0 Å². The number of hydrogen-bond acceptors (Lipinski definition) is 3. The summed E-state index contributed by atoms with van der Waals surface area (Å²) in [6.45, 7) is 3.82. The van der Waals surface area contributed by atoms with Gasteiger partial charge in [0.25, 0.3) is 0 Å². The van der Waals surface area contributed by atoms with Crippen LogP contribution in [0.4, 0.5) is 11.5 Å². The molecule has 0 aliphatic rings. The van der Waals surface area contributed by atoms with Crippen molar-refractivity contribution in [2.24, 2.45) is 0 Å². The van der Waals surface area contributed by atoms with Crippen LogP contribution in [0.5, 0.6) is 0 Å². The first-order valence-corrected chi connectivity index (χ1v) is 6.68. The highest BCUT2D eigenvalue weighted by molar-refractivity contribution is 6.30. The van der Waals surface area contributed by atoms with Gasteiger partial charge in [-0.05, 0) is 38.1 Å². The zero-order valence-corrected chi connectivity index (χ0v) is 12.1. The van der Waals surface area contributed by atoms with Crippen LogP contribution in [0.2, 0.25) is 5.02 Å². The molecule has 1 aromatic heterocycles. The third kappa shape index (κ3) is 3.96. The number of rotatable bonds is 4. The number of carbonyl (C=O) groups is 1. The number of nitrogens with one attached hydrogen (secondary N) is 2. The number of halogens is 1. The lowest BCUT2D eigenvalue weighted by atomic mass is 10.2. The van der Waals surface area contributed by atoms with E-state index in [2.05, 4.69) is 15.6 Å². The summed E-state index contributed by atoms with van der Waals surface area (Å²) in [5.41, 5.74) is 2.08. The number of benzene rings is 1. The van der Waals surface area contributed by atoms with Gasteiger partial charge < -0.3 is 10.6 Å². The average Bonchev–Trinajstić information content (AvgIpc) is 2.44. The molecular weight excluding hydrogens is 274 g/mol. The highest BCUT2D eigenvalue weighted by atomic mass is 35.5. The fourth-order valence-corrected chi connectivity index (χ4v) is 1.76. The monoisotopic (exact) mass is 289 g/mol. The van der Waals surface area contributed by atoms with E-state index in [4.69, 9.17) is 11.6 Å². The van der Waals surface area contributed by atoms with Crippen molar-refractivity contribution in [3.8, 4) is 0 Å². The largest absolute Gasteiger partial charge is 0.374 e. The van der Waals surface area contributed by atoms with E-state index in [9.17, 15) is 4.79 Å². The third-order valence-electron chi connectivity index (χ3n) is 2.81. The highest BCUT2D eigenvalue weighted by Gasteiger charge is 2.13. The molecular formula is C15H16ClN3O. The van der Waals surface area contributed by atoms with Crippen LogP contribution in [0.1, 0.15) is 12.5 Å². The van der Waals surface area contributed by atoms with Crippen molar-refractivity contribution in [1.82, 2.24) is 4.98 Å². The molecule has 2 N–H and O–H groups in total. The topological polar surface area (TPSA) is 54.0 Å². The van der Waals surface area contributed by atoms with E-state index in [0.29, 0.717) is 10.8 Å². The molecule has 0 fully saturated rings. The molecule has 0 radical (unpaired) electrons. The first-order chi connectivity index (χ1) is 9.54. The second kappa shape index (κ2) is 6.39. The molecule has 20 heavy (non-hydrogen) atoms. The maximum atomic E-state index is 12.0. The van der Waals surface area contributed by atoms with Gasteiger partial charge in [0.2, 0.25) is 5.91 Å². The molecule has 0 spiro atoms. The second-order valence-corrected chi connectivity index (χ2v) is 5.02. The van der Waals surface area contributed by atoms with Crippen molar-refractivity contribution < 1.29 is 4.79 Å². The minimum absolute atomic E-state index is 0.152. The van der Waals surface area contributed by atoms with Crippen LogP contribution in [0.3, 0.4) is 0 Å². The Morgan fingerprint density at radius 1 is 1.20 bits per heavy atom. The Kier molecular flexibility index (Phi) is 4.58. The van der Waals surface area contributed by atoms with Gasteiger partial charge in [-0.25, -0.2) is 4.98 Å². The molecule has 0 aliphatic carbocycles. The molecule has 2 aromatic rings. The summed E-state index contributed by atoms with van der Waals surface area (Å²) >= 11 is 5.74. The Labute approximate surface area is 123 Å². The third-order valence-corrected chi connectivity index (χ3v) is 3.03. The summed E-state index contributed by atoms with van der Waals surface area (Å²) in [4.78, 5) is 16.0. The fraction of sp³-hybridized carbons (Fsp3) is 0.200. The first kappa shape index (κ1) is 14.3. The lowest BCUT2D eigenvalue weighted by molar-refractivity contribution is -0.116. The van der Waals surface area contributed by atoms with Gasteiger partial charge in [0.1, 0.15) is 11.9 Å². The normalized spacial score (nSPS) is 11.8. The number of nitrogens with zero attached hydrogens (tertiary/aromatic N) is 1. The molecule has 0 unspecified atom stereocenters. The van der Waals surface area contributed by atoms with Gasteiger partial charge in [-0.1, -0.05) is 29.3 Å². The molecule has 0 bridgehead atoms. The number of hydrogen-bond donors (Lipinski definition) is 2. The van der Waals surface area contributed by atoms with Crippen LogP contribution < -0.4 is 10.6 Å². The SMILES string of the molecule is Cc1ccc(N[C@H](C)C(=O)Nc2ccc(Cl)cn2)cc1. The summed E-state index contributed by atoms with van der Waals surface area (Å²) < 4.78 is 0. The van der Waals surface area contributed by atoms with Crippen molar-refractivity contribution in [2.75, 3.05) is 10.6 Å². The van der Waals surface area contributed by atoms with Crippen LogP contribution in [-0.4, -0.2) is 16.9 Å². The van der Waals surface area contributed by atoms with E-state index in [-0.39, 0.29) is 11.9 Å². The predicted octanol–water partition coefficient (Wildman–Crippen LogP) is 3.48. The number of amides is 1. The van der Waals surface area contributed by atoms with E-state index < -0.39 is 0 Å². The summed E-state index contributed by atoms with van der Waals surface area (Å²) in [7, 11) is 0. The Morgan fingerprint density at radius 3 is 2.50 bits per heavy atom. The Morgan fingerprint density at radius 2 is 1.90 bits per heavy atom. The van der Waals surface area contributed by atoms with Gasteiger partial charge in [-0.15, -0.1) is 0 Å². The first-order valence-electron chi connectivity index (χ1n) is 6.30. The fourth-order valence-electron chi connectivity index (χ4n) is 1.65. The van der Waals surface area contributed by atoms with Crippen molar-refractivity contribution >= 4 is 29.0 Å². The Bertz CT molecular complexity index is 581. The van der Waals surface area contributed by atoms with Crippen molar-refractivity contribution in [2.45, 2.75) is 19.9 Å². The molecule has 0 saturated carbocycles. The van der Waals surface area contributed by atoms with E-state index in [1.807, 2.05) is 31.2 Å². The van der Waals surface area contributed by atoms with E-state index >= 15 is 0 Å².